The summed E-state index contributed by atoms with van der Waals surface area (Å²) in [5, 5.41) is 0. The molecule has 0 saturated heterocycles. The Bertz CT molecular complexity index is 81.0. The third-order valence-electron chi connectivity index (χ3n) is 0.649. The summed E-state index contributed by atoms with van der Waals surface area (Å²) in [7, 11) is 2.79. The number of rotatable bonds is 4. The summed E-state index contributed by atoms with van der Waals surface area (Å²) >= 11 is 0. The standard InChI is InChI=1S/C5H10O4/c1-7-4-9-3-5(6)8-2/h3-4H2,1-2H3. The van der Waals surface area contributed by atoms with Gasteiger partial charge in [0.05, 0.1) is 7.11 Å². The normalized spacial score (nSPS) is 9.11. The maximum atomic E-state index is 10.3. The van der Waals surface area contributed by atoms with Crippen LogP contribution in [0.5, 0.6) is 0 Å². The van der Waals surface area contributed by atoms with E-state index in [4.69, 9.17) is 0 Å². The van der Waals surface area contributed by atoms with Gasteiger partial charge in [0.15, 0.2) is 0 Å². The van der Waals surface area contributed by atoms with Crippen LogP contribution in [-0.4, -0.2) is 33.6 Å². The molecule has 0 unspecified atom stereocenters. The molecule has 0 bridgehead atoms. The van der Waals surface area contributed by atoms with E-state index < -0.39 is 5.97 Å². The topological polar surface area (TPSA) is 44.8 Å². The number of hydrogen-bond donors (Lipinski definition) is 0. The molecule has 0 spiro atoms. The lowest BCUT2D eigenvalue weighted by Gasteiger charge is -1.98. The second kappa shape index (κ2) is 5.53. The first-order valence-corrected chi connectivity index (χ1v) is 2.44. The Labute approximate surface area is 53.7 Å². The van der Waals surface area contributed by atoms with Gasteiger partial charge in [0.1, 0.15) is 13.4 Å². The van der Waals surface area contributed by atoms with Gasteiger partial charge in [-0.15, -0.1) is 0 Å². The van der Waals surface area contributed by atoms with Crippen LogP contribution < -0.4 is 0 Å². The largest absolute Gasteiger partial charge is 0.467 e. The van der Waals surface area contributed by atoms with Gasteiger partial charge in [-0.1, -0.05) is 0 Å². The van der Waals surface area contributed by atoms with Crippen LogP contribution in [0.15, 0.2) is 0 Å². The van der Waals surface area contributed by atoms with Gasteiger partial charge in [0, 0.05) is 7.11 Å². The molecular weight excluding hydrogens is 124 g/mol. The third-order valence-corrected chi connectivity index (χ3v) is 0.649. The first-order valence-electron chi connectivity index (χ1n) is 2.44. The van der Waals surface area contributed by atoms with Crippen molar-refractivity contribution < 1.29 is 19.0 Å². The van der Waals surface area contributed by atoms with Gasteiger partial charge in [-0.3, -0.25) is 0 Å². The van der Waals surface area contributed by atoms with Gasteiger partial charge in [0.25, 0.3) is 0 Å². The van der Waals surface area contributed by atoms with Gasteiger partial charge in [0.2, 0.25) is 0 Å². The van der Waals surface area contributed by atoms with Crippen LogP contribution in [0.4, 0.5) is 0 Å². The van der Waals surface area contributed by atoms with Gasteiger partial charge >= 0.3 is 5.97 Å². The summed E-state index contributed by atoms with van der Waals surface area (Å²) in [5.41, 5.74) is 0. The van der Waals surface area contributed by atoms with E-state index in [1.54, 1.807) is 0 Å². The Kier molecular flexibility index (Phi) is 5.15. The molecule has 0 amide bonds. The Morgan fingerprint density at radius 2 is 2.11 bits per heavy atom. The van der Waals surface area contributed by atoms with E-state index in [0.29, 0.717) is 0 Å². The highest BCUT2D eigenvalue weighted by atomic mass is 16.7. The quantitative estimate of drug-likeness (QED) is 0.303. The minimum atomic E-state index is -0.396. The molecule has 0 radical (unpaired) electrons. The molecule has 4 nitrogen and oxygen atoms in total. The molecule has 0 atom stereocenters. The first-order chi connectivity index (χ1) is 4.31. The molecule has 0 aromatic heterocycles. The third kappa shape index (κ3) is 5.26. The zero-order valence-electron chi connectivity index (χ0n) is 5.55. The van der Waals surface area contributed by atoms with E-state index in [9.17, 15) is 4.79 Å². The maximum absolute atomic E-state index is 10.3. The van der Waals surface area contributed by atoms with Crippen molar-refractivity contribution in [2.24, 2.45) is 0 Å². The van der Waals surface area contributed by atoms with E-state index in [1.165, 1.54) is 14.2 Å². The lowest BCUT2D eigenvalue weighted by Crippen LogP contribution is -2.11. The average molecular weight is 134 g/mol. The number of esters is 1. The van der Waals surface area contributed by atoms with Crippen LogP contribution in [-0.2, 0) is 19.0 Å². The van der Waals surface area contributed by atoms with Crippen LogP contribution in [0.1, 0.15) is 0 Å². The monoisotopic (exact) mass is 134 g/mol. The number of ether oxygens (including phenoxy) is 3. The molecule has 0 aromatic carbocycles. The highest BCUT2D eigenvalue weighted by Crippen LogP contribution is 1.77. The first kappa shape index (κ1) is 8.39. The number of hydrogen-bond acceptors (Lipinski definition) is 4. The molecule has 0 N–H and O–H groups in total. The van der Waals surface area contributed by atoms with Crippen LogP contribution >= 0.6 is 0 Å². The Morgan fingerprint density at radius 3 is 2.56 bits per heavy atom. The van der Waals surface area contributed by atoms with Crippen molar-refractivity contribution in [3.05, 3.63) is 0 Å². The molecule has 0 aliphatic carbocycles. The van der Waals surface area contributed by atoms with Crippen molar-refractivity contribution in [3.63, 3.8) is 0 Å². The van der Waals surface area contributed by atoms with E-state index in [1.807, 2.05) is 0 Å². The van der Waals surface area contributed by atoms with E-state index in [2.05, 4.69) is 14.2 Å². The predicted molar refractivity (Wildman–Crippen MR) is 29.8 cm³/mol. The Balaban J connectivity index is 2.97. The molecule has 4 heteroatoms. The summed E-state index contributed by atoms with van der Waals surface area (Å²) in [5.74, 6) is -0.396. The molecule has 0 aliphatic heterocycles. The van der Waals surface area contributed by atoms with E-state index >= 15 is 0 Å². The lowest BCUT2D eigenvalue weighted by atomic mass is 10.7. The van der Waals surface area contributed by atoms with Crippen LogP contribution in [0.3, 0.4) is 0 Å². The van der Waals surface area contributed by atoms with Crippen molar-refractivity contribution in [3.8, 4) is 0 Å². The van der Waals surface area contributed by atoms with Gasteiger partial charge in [-0.05, 0) is 0 Å². The fraction of sp³-hybridized carbons (Fsp3) is 0.800. The van der Waals surface area contributed by atoms with Crippen molar-refractivity contribution in [2.45, 2.75) is 0 Å². The van der Waals surface area contributed by atoms with Crippen molar-refractivity contribution in [2.75, 3.05) is 27.6 Å². The Hall–Kier alpha value is -0.610. The molecule has 54 valence electrons. The minimum Gasteiger partial charge on any atom is -0.467 e. The molecule has 0 aliphatic rings. The summed E-state index contributed by atoms with van der Waals surface area (Å²) in [4.78, 5) is 10.3. The average Bonchev–Trinajstić information content (AvgIpc) is 1.89. The maximum Gasteiger partial charge on any atom is 0.331 e. The highest BCUT2D eigenvalue weighted by Gasteiger charge is 1.96. The van der Waals surface area contributed by atoms with E-state index in [0.717, 1.165) is 0 Å². The molecule has 9 heavy (non-hydrogen) atoms. The zero-order chi connectivity index (χ0) is 7.11. The number of methoxy groups -OCH3 is 2. The molecule has 0 heterocycles. The van der Waals surface area contributed by atoms with Crippen molar-refractivity contribution in [1.82, 2.24) is 0 Å². The minimum absolute atomic E-state index is 0.0513. The Morgan fingerprint density at radius 1 is 1.44 bits per heavy atom. The van der Waals surface area contributed by atoms with Crippen LogP contribution in [0.25, 0.3) is 0 Å². The summed E-state index contributed by atoms with van der Waals surface area (Å²) in [6.45, 7) is 0.0689. The van der Waals surface area contributed by atoms with Gasteiger partial charge < -0.3 is 14.2 Å². The van der Waals surface area contributed by atoms with Crippen LogP contribution in [0, 0.1) is 0 Å². The molecule has 0 fully saturated rings. The second-order valence-corrected chi connectivity index (χ2v) is 1.33. The van der Waals surface area contributed by atoms with Crippen molar-refractivity contribution in [1.29, 1.82) is 0 Å². The summed E-state index contributed by atoms with van der Waals surface area (Å²) in [6.07, 6.45) is 0. The van der Waals surface area contributed by atoms with Gasteiger partial charge in [-0.25, -0.2) is 4.79 Å². The zero-order valence-corrected chi connectivity index (χ0v) is 5.55. The summed E-state index contributed by atoms with van der Waals surface area (Å²) < 4.78 is 13.4. The second-order valence-electron chi connectivity index (χ2n) is 1.33. The number of carbonyl (C=O) groups excluding carboxylic acids is 1. The highest BCUT2D eigenvalue weighted by molar-refractivity contribution is 5.70. The van der Waals surface area contributed by atoms with Crippen LogP contribution in [0.2, 0.25) is 0 Å². The number of carbonyl (C=O) groups is 1. The smallest absolute Gasteiger partial charge is 0.331 e. The van der Waals surface area contributed by atoms with Gasteiger partial charge in [-0.2, -0.15) is 0 Å². The van der Waals surface area contributed by atoms with Crippen molar-refractivity contribution >= 4 is 5.97 Å². The summed E-state index contributed by atoms with van der Waals surface area (Å²) in [6, 6.07) is 0. The molecule has 0 saturated carbocycles. The fourth-order valence-corrected chi connectivity index (χ4v) is 0.267. The molecule has 0 rings (SSSR count). The molecule has 0 aromatic rings. The van der Waals surface area contributed by atoms with E-state index in [-0.39, 0.29) is 13.4 Å². The SMILES string of the molecule is COCOCC(=O)OC. The molecular formula is C5H10O4. The predicted octanol–water partition coefficient (Wildman–Crippen LogP) is -0.220. The fourth-order valence-electron chi connectivity index (χ4n) is 0.267. The lowest BCUT2D eigenvalue weighted by molar-refractivity contribution is -0.150.